The predicted molar refractivity (Wildman–Crippen MR) is 147 cm³/mol. The highest BCUT2D eigenvalue weighted by molar-refractivity contribution is 7.09. The van der Waals surface area contributed by atoms with E-state index in [2.05, 4.69) is 24.5 Å². The number of thiophene rings is 1. The molecule has 4 heterocycles. The molecule has 6 rings (SSSR count). The maximum atomic E-state index is 14.0. The molecule has 200 valence electrons. The molecule has 3 aliphatic heterocycles. The lowest BCUT2D eigenvalue weighted by Gasteiger charge is -2.34. The number of amides is 3. The van der Waals surface area contributed by atoms with Crippen LogP contribution < -0.4 is 10.6 Å². The maximum absolute atomic E-state index is 14.0. The van der Waals surface area contributed by atoms with Crippen molar-refractivity contribution in [2.75, 3.05) is 5.32 Å². The van der Waals surface area contributed by atoms with Crippen molar-refractivity contribution in [3.63, 3.8) is 0 Å². The topological polar surface area (TPSA) is 87.7 Å². The van der Waals surface area contributed by atoms with Gasteiger partial charge in [0.25, 0.3) is 0 Å². The minimum Gasteiger partial charge on any atom is -0.359 e. The first-order valence-electron chi connectivity index (χ1n) is 13.8. The summed E-state index contributed by atoms with van der Waals surface area (Å²) in [5.41, 5.74) is 0.740. The Hall–Kier alpha value is -2.97. The monoisotopic (exact) mass is 533 g/mol. The first-order valence-corrected chi connectivity index (χ1v) is 14.7. The highest BCUT2D eigenvalue weighted by Crippen LogP contribution is 2.55. The summed E-state index contributed by atoms with van der Waals surface area (Å²) in [7, 11) is 0. The van der Waals surface area contributed by atoms with Gasteiger partial charge < -0.3 is 20.3 Å². The normalized spacial score (nSPS) is 30.2. The molecule has 1 aliphatic carbocycles. The summed E-state index contributed by atoms with van der Waals surface area (Å²) in [5.74, 6) is -1.67. The molecule has 1 saturated carbocycles. The van der Waals surface area contributed by atoms with Crippen molar-refractivity contribution < 1.29 is 19.1 Å². The van der Waals surface area contributed by atoms with Gasteiger partial charge in [-0.1, -0.05) is 63.5 Å². The van der Waals surface area contributed by atoms with E-state index in [0.717, 1.165) is 30.6 Å². The fourth-order valence-electron chi connectivity index (χ4n) is 6.71. The van der Waals surface area contributed by atoms with Gasteiger partial charge >= 0.3 is 0 Å². The second-order valence-electron chi connectivity index (χ2n) is 11.4. The zero-order chi connectivity index (χ0) is 26.4. The molecule has 2 N–H and O–H groups in total. The molecule has 1 spiro atoms. The van der Waals surface area contributed by atoms with Crippen molar-refractivity contribution in [3.8, 4) is 0 Å². The number of benzene rings is 1. The number of rotatable bonds is 7. The Bertz CT molecular complexity index is 1230. The summed E-state index contributed by atoms with van der Waals surface area (Å²) >= 11 is 1.55. The zero-order valence-corrected chi connectivity index (χ0v) is 22.7. The smallest absolute Gasteiger partial charge is 0.246 e. The van der Waals surface area contributed by atoms with Gasteiger partial charge in [-0.25, -0.2) is 0 Å². The van der Waals surface area contributed by atoms with Gasteiger partial charge in [0, 0.05) is 16.6 Å². The van der Waals surface area contributed by atoms with E-state index in [1.807, 2.05) is 53.9 Å². The lowest BCUT2D eigenvalue weighted by Crippen LogP contribution is -2.56. The van der Waals surface area contributed by atoms with Crippen LogP contribution in [0, 0.1) is 11.8 Å². The number of nitrogens with zero attached hydrogens (tertiary/aromatic N) is 1. The van der Waals surface area contributed by atoms with Crippen molar-refractivity contribution >= 4 is 34.7 Å². The summed E-state index contributed by atoms with van der Waals surface area (Å²) in [6.07, 6.45) is 8.50. The van der Waals surface area contributed by atoms with Crippen molar-refractivity contribution in [2.45, 2.75) is 82.2 Å². The molecule has 0 radical (unpaired) electrons. The lowest BCUT2D eigenvalue weighted by atomic mass is 9.74. The Morgan fingerprint density at radius 1 is 1.11 bits per heavy atom. The van der Waals surface area contributed by atoms with Gasteiger partial charge in [-0.05, 0) is 47.9 Å². The molecule has 7 nitrogen and oxygen atoms in total. The number of carbonyl (C=O) groups excluding carboxylic acids is 3. The Balaban J connectivity index is 1.28. The number of ether oxygens (including phenoxy) is 1. The average Bonchev–Trinajstić information content (AvgIpc) is 3.68. The van der Waals surface area contributed by atoms with Gasteiger partial charge in [0.2, 0.25) is 17.7 Å². The predicted octanol–water partition coefficient (Wildman–Crippen LogP) is 4.61. The van der Waals surface area contributed by atoms with E-state index in [4.69, 9.17) is 4.74 Å². The summed E-state index contributed by atoms with van der Waals surface area (Å²) in [5, 5.41) is 8.22. The van der Waals surface area contributed by atoms with E-state index in [0.29, 0.717) is 18.2 Å². The molecular weight excluding hydrogens is 498 g/mol. The first-order chi connectivity index (χ1) is 18.4. The van der Waals surface area contributed by atoms with Crippen LogP contribution in [0.2, 0.25) is 0 Å². The third-order valence-electron chi connectivity index (χ3n) is 8.63. The molecule has 0 unspecified atom stereocenters. The van der Waals surface area contributed by atoms with E-state index in [9.17, 15) is 14.4 Å². The summed E-state index contributed by atoms with van der Waals surface area (Å²) in [6.45, 7) is 4.57. The van der Waals surface area contributed by atoms with Crippen LogP contribution in [0.5, 0.6) is 0 Å². The Kier molecular flexibility index (Phi) is 6.64. The summed E-state index contributed by atoms with van der Waals surface area (Å²) < 4.78 is 6.46. The second kappa shape index (κ2) is 9.97. The number of hydrogen-bond donors (Lipinski definition) is 2. The number of carbonyl (C=O) groups is 3. The van der Waals surface area contributed by atoms with E-state index in [1.165, 1.54) is 12.0 Å². The fourth-order valence-corrected chi connectivity index (χ4v) is 7.41. The molecular formula is C30H35N3O4S. The lowest BCUT2D eigenvalue weighted by molar-refractivity contribution is -0.142. The SMILES string of the molecule is CC(C)c1ccc(NC(=O)[C@@H]2[C@H]3C=C[C@]4(O3)[C@H](C(=O)NC3CCCCC3)N(Cc3cccs3)C(=O)[C@@H]24)cc1. The highest BCUT2D eigenvalue weighted by Gasteiger charge is 2.72. The van der Waals surface area contributed by atoms with E-state index in [-0.39, 0.29) is 23.8 Å². The zero-order valence-electron chi connectivity index (χ0n) is 21.9. The van der Waals surface area contributed by atoms with E-state index < -0.39 is 29.6 Å². The van der Waals surface area contributed by atoms with Gasteiger partial charge in [-0.15, -0.1) is 11.3 Å². The molecule has 2 saturated heterocycles. The fraction of sp³-hybridized carbons (Fsp3) is 0.500. The molecule has 1 aromatic carbocycles. The van der Waals surface area contributed by atoms with Crippen LogP contribution in [0.1, 0.15) is 62.3 Å². The van der Waals surface area contributed by atoms with Crippen LogP contribution >= 0.6 is 11.3 Å². The van der Waals surface area contributed by atoms with Crippen molar-refractivity contribution in [3.05, 3.63) is 64.4 Å². The number of fused-ring (bicyclic) bond motifs is 1. The van der Waals surface area contributed by atoms with Crippen LogP contribution in [0.25, 0.3) is 0 Å². The summed E-state index contributed by atoms with van der Waals surface area (Å²) in [4.78, 5) is 44.2. The molecule has 1 aromatic heterocycles. The quantitative estimate of drug-likeness (QED) is 0.509. The Morgan fingerprint density at radius 2 is 1.87 bits per heavy atom. The minimum absolute atomic E-state index is 0.112. The number of hydrogen-bond acceptors (Lipinski definition) is 5. The first kappa shape index (κ1) is 25.3. The number of anilines is 1. The van der Waals surface area contributed by atoms with Crippen LogP contribution in [0.3, 0.4) is 0 Å². The average molecular weight is 534 g/mol. The van der Waals surface area contributed by atoms with Crippen molar-refractivity contribution in [1.29, 1.82) is 0 Å². The van der Waals surface area contributed by atoms with Gasteiger partial charge in [0.15, 0.2) is 0 Å². The second-order valence-corrected chi connectivity index (χ2v) is 12.4. The van der Waals surface area contributed by atoms with Gasteiger partial charge in [-0.2, -0.15) is 0 Å². The summed E-state index contributed by atoms with van der Waals surface area (Å²) in [6, 6.07) is 11.0. The van der Waals surface area contributed by atoms with Crippen molar-refractivity contribution in [2.24, 2.45) is 11.8 Å². The molecule has 2 aromatic rings. The molecule has 3 amide bonds. The maximum Gasteiger partial charge on any atom is 0.246 e. The number of nitrogens with one attached hydrogen (secondary N) is 2. The molecule has 3 fully saturated rings. The number of likely N-dealkylation sites (tertiary alicyclic amines) is 1. The molecule has 38 heavy (non-hydrogen) atoms. The van der Waals surface area contributed by atoms with Crippen LogP contribution in [0.15, 0.2) is 53.9 Å². The van der Waals surface area contributed by atoms with Gasteiger partial charge in [0.1, 0.15) is 11.6 Å². The third kappa shape index (κ3) is 4.28. The van der Waals surface area contributed by atoms with Crippen LogP contribution in [-0.4, -0.2) is 46.4 Å². The molecule has 4 aliphatic rings. The van der Waals surface area contributed by atoms with E-state index in [1.54, 1.807) is 16.2 Å². The molecule has 2 bridgehead atoms. The highest BCUT2D eigenvalue weighted by atomic mass is 32.1. The third-order valence-corrected chi connectivity index (χ3v) is 9.49. The minimum atomic E-state index is -1.14. The Labute approximate surface area is 227 Å². The molecule has 8 heteroatoms. The van der Waals surface area contributed by atoms with Crippen molar-refractivity contribution in [1.82, 2.24) is 10.2 Å². The van der Waals surface area contributed by atoms with Crippen LogP contribution in [-0.2, 0) is 25.7 Å². The largest absolute Gasteiger partial charge is 0.359 e. The van der Waals surface area contributed by atoms with Crippen LogP contribution in [0.4, 0.5) is 5.69 Å². The van der Waals surface area contributed by atoms with Gasteiger partial charge in [0.05, 0.1) is 24.5 Å². The Morgan fingerprint density at radius 3 is 2.55 bits per heavy atom. The van der Waals surface area contributed by atoms with Gasteiger partial charge in [-0.3, -0.25) is 14.4 Å². The van der Waals surface area contributed by atoms with E-state index >= 15 is 0 Å². The molecule has 5 atom stereocenters. The standard InChI is InChI=1S/C30H35N3O4S/c1-18(2)19-10-12-21(13-11-19)31-27(34)24-23-14-15-30(37-23)25(24)29(36)33(17-22-9-6-16-38-22)26(30)28(35)32-20-7-4-3-5-8-20/h6,9-16,18,20,23-26H,3-5,7-8,17H2,1-2H3,(H,31,34)(H,32,35)/t23-,24-,25-,26+,30-/m1/s1.